The molecule has 0 unspecified atom stereocenters. The maximum absolute atomic E-state index is 12.1. The molecule has 0 aliphatic rings. The average molecular weight is 525 g/mol. The SMILES string of the molecule is C=CC(=O)Oc1cc(/C=C/c2ccc(OC(=O)C(=C)C)cc2)c(OC)cc1-c1ccc(OC(=O)C(=C)C)cc1. The lowest BCUT2D eigenvalue weighted by Crippen LogP contribution is -2.08. The van der Waals surface area contributed by atoms with E-state index in [1.807, 2.05) is 12.2 Å². The third-order valence-electron chi connectivity index (χ3n) is 5.33. The summed E-state index contributed by atoms with van der Waals surface area (Å²) in [5, 5.41) is 0. The second-order valence-electron chi connectivity index (χ2n) is 8.48. The molecule has 7 heteroatoms. The van der Waals surface area contributed by atoms with E-state index in [4.69, 9.17) is 18.9 Å². The van der Waals surface area contributed by atoms with Crippen LogP contribution in [-0.2, 0) is 14.4 Å². The lowest BCUT2D eigenvalue weighted by molar-refractivity contribution is -0.130. The summed E-state index contributed by atoms with van der Waals surface area (Å²) in [7, 11) is 1.54. The zero-order chi connectivity index (χ0) is 28.5. The maximum atomic E-state index is 12.1. The van der Waals surface area contributed by atoms with E-state index in [1.165, 1.54) is 7.11 Å². The Kier molecular flexibility index (Phi) is 9.38. The fraction of sp³-hybridized carbons (Fsp3) is 0.0938. The van der Waals surface area contributed by atoms with E-state index in [1.54, 1.807) is 74.5 Å². The fourth-order valence-electron chi connectivity index (χ4n) is 3.27. The Balaban J connectivity index is 1.93. The molecule has 0 heterocycles. The van der Waals surface area contributed by atoms with Crippen molar-refractivity contribution in [2.24, 2.45) is 0 Å². The monoisotopic (exact) mass is 524 g/mol. The quantitative estimate of drug-likeness (QED) is 0.128. The predicted octanol–water partition coefficient (Wildman–Crippen LogP) is 6.59. The first-order chi connectivity index (χ1) is 18.6. The molecule has 0 saturated carbocycles. The normalized spacial score (nSPS) is 10.4. The molecule has 7 nitrogen and oxygen atoms in total. The number of hydrogen-bond donors (Lipinski definition) is 0. The van der Waals surface area contributed by atoms with Gasteiger partial charge in [0.25, 0.3) is 0 Å². The predicted molar refractivity (Wildman–Crippen MR) is 151 cm³/mol. The van der Waals surface area contributed by atoms with Crippen LogP contribution in [0.5, 0.6) is 23.0 Å². The van der Waals surface area contributed by atoms with E-state index in [0.29, 0.717) is 39.5 Å². The van der Waals surface area contributed by atoms with E-state index in [9.17, 15) is 14.4 Å². The van der Waals surface area contributed by atoms with Gasteiger partial charge in [0.2, 0.25) is 0 Å². The van der Waals surface area contributed by atoms with Crippen molar-refractivity contribution in [2.45, 2.75) is 13.8 Å². The number of benzene rings is 3. The molecule has 0 N–H and O–H groups in total. The number of esters is 3. The van der Waals surface area contributed by atoms with E-state index in [0.717, 1.165) is 11.6 Å². The standard InChI is InChI=1S/C32H28O7/c1-7-30(33)39-29-18-24(11-8-22-9-14-25(15-10-22)37-31(34)20(2)3)28(36-6)19-27(29)23-12-16-26(17-13-23)38-32(35)21(4)5/h7-19H,1-2,4H2,3,5-6H3/b11-8+. The van der Waals surface area contributed by atoms with Gasteiger partial charge in [0.15, 0.2) is 0 Å². The van der Waals surface area contributed by atoms with Gasteiger partial charge >= 0.3 is 17.9 Å². The van der Waals surface area contributed by atoms with Gasteiger partial charge in [-0.05, 0) is 61.4 Å². The van der Waals surface area contributed by atoms with Crippen molar-refractivity contribution in [3.8, 4) is 34.1 Å². The Labute approximate surface area is 227 Å². The highest BCUT2D eigenvalue weighted by molar-refractivity contribution is 5.90. The number of methoxy groups -OCH3 is 1. The smallest absolute Gasteiger partial charge is 0.338 e. The second-order valence-corrected chi connectivity index (χ2v) is 8.48. The van der Waals surface area contributed by atoms with E-state index < -0.39 is 17.9 Å². The minimum Gasteiger partial charge on any atom is -0.496 e. The molecule has 0 bridgehead atoms. The van der Waals surface area contributed by atoms with Gasteiger partial charge in [0, 0.05) is 28.3 Å². The minimum absolute atomic E-state index is 0.285. The molecule has 0 atom stereocenters. The molecule has 3 aromatic carbocycles. The zero-order valence-electron chi connectivity index (χ0n) is 22.0. The molecule has 0 saturated heterocycles. The molecule has 0 aliphatic heterocycles. The second kappa shape index (κ2) is 12.9. The first kappa shape index (κ1) is 28.4. The van der Waals surface area contributed by atoms with Gasteiger partial charge in [-0.25, -0.2) is 14.4 Å². The zero-order valence-corrected chi connectivity index (χ0v) is 22.0. The summed E-state index contributed by atoms with van der Waals surface area (Å²) < 4.78 is 21.6. The molecular formula is C32H28O7. The average Bonchev–Trinajstić information content (AvgIpc) is 2.92. The van der Waals surface area contributed by atoms with E-state index in [2.05, 4.69) is 19.7 Å². The fourth-order valence-corrected chi connectivity index (χ4v) is 3.27. The lowest BCUT2D eigenvalue weighted by atomic mass is 10.0. The molecule has 39 heavy (non-hydrogen) atoms. The highest BCUT2D eigenvalue weighted by Gasteiger charge is 2.15. The summed E-state index contributed by atoms with van der Waals surface area (Å²) >= 11 is 0. The third kappa shape index (κ3) is 7.66. The molecule has 0 fully saturated rings. The van der Waals surface area contributed by atoms with Crippen molar-refractivity contribution in [1.29, 1.82) is 0 Å². The molecular weight excluding hydrogens is 496 g/mol. The van der Waals surface area contributed by atoms with Crippen molar-refractivity contribution >= 4 is 30.1 Å². The maximum Gasteiger partial charge on any atom is 0.338 e. The summed E-state index contributed by atoms with van der Waals surface area (Å²) in [6, 6.07) is 17.1. The lowest BCUT2D eigenvalue weighted by Gasteiger charge is -2.14. The van der Waals surface area contributed by atoms with E-state index >= 15 is 0 Å². The van der Waals surface area contributed by atoms with Crippen LogP contribution in [0.3, 0.4) is 0 Å². The summed E-state index contributed by atoms with van der Waals surface area (Å²) in [4.78, 5) is 35.6. The first-order valence-electron chi connectivity index (χ1n) is 11.8. The highest BCUT2D eigenvalue weighted by Crippen LogP contribution is 2.38. The van der Waals surface area contributed by atoms with Crippen molar-refractivity contribution in [2.75, 3.05) is 7.11 Å². The Morgan fingerprint density at radius 1 is 0.718 bits per heavy atom. The summed E-state index contributed by atoms with van der Waals surface area (Å²) in [6.45, 7) is 13.8. The molecule has 0 radical (unpaired) electrons. The van der Waals surface area contributed by atoms with Crippen LogP contribution in [0.1, 0.15) is 25.0 Å². The van der Waals surface area contributed by atoms with Gasteiger partial charge in [-0.2, -0.15) is 0 Å². The van der Waals surface area contributed by atoms with Crippen LogP contribution in [0.4, 0.5) is 0 Å². The Bertz CT molecular complexity index is 1460. The number of carbonyl (C=O) groups is 3. The number of hydrogen-bond acceptors (Lipinski definition) is 7. The van der Waals surface area contributed by atoms with Crippen molar-refractivity contribution in [3.05, 3.63) is 109 Å². The molecule has 0 spiro atoms. The van der Waals surface area contributed by atoms with Gasteiger partial charge < -0.3 is 18.9 Å². The van der Waals surface area contributed by atoms with Crippen LogP contribution in [0.2, 0.25) is 0 Å². The van der Waals surface area contributed by atoms with Gasteiger partial charge in [-0.1, -0.05) is 56.2 Å². The molecule has 3 rings (SSSR count). The molecule has 0 aliphatic carbocycles. The van der Waals surface area contributed by atoms with Crippen LogP contribution in [0.25, 0.3) is 23.3 Å². The minimum atomic E-state index is -0.622. The number of ether oxygens (including phenoxy) is 4. The van der Waals surface area contributed by atoms with Crippen molar-refractivity contribution in [1.82, 2.24) is 0 Å². The van der Waals surface area contributed by atoms with Crippen LogP contribution >= 0.6 is 0 Å². The third-order valence-corrected chi connectivity index (χ3v) is 5.33. The number of carbonyl (C=O) groups excluding carboxylic acids is 3. The van der Waals surface area contributed by atoms with Crippen molar-refractivity contribution < 1.29 is 33.3 Å². The Hall–Kier alpha value is -5.17. The number of rotatable bonds is 10. The van der Waals surface area contributed by atoms with Gasteiger partial charge in [0.05, 0.1) is 7.11 Å². The molecule has 0 aromatic heterocycles. The topological polar surface area (TPSA) is 88.1 Å². The molecule has 198 valence electrons. The van der Waals surface area contributed by atoms with Crippen LogP contribution in [0.15, 0.2) is 97.6 Å². The van der Waals surface area contributed by atoms with Crippen molar-refractivity contribution in [3.63, 3.8) is 0 Å². The summed E-state index contributed by atoms with van der Waals surface area (Å²) in [5.74, 6) is -0.0675. The van der Waals surface area contributed by atoms with Crippen LogP contribution < -0.4 is 18.9 Å². The largest absolute Gasteiger partial charge is 0.496 e. The first-order valence-corrected chi connectivity index (χ1v) is 11.8. The molecule has 0 amide bonds. The highest BCUT2D eigenvalue weighted by atomic mass is 16.5. The molecule has 3 aromatic rings. The van der Waals surface area contributed by atoms with Crippen LogP contribution in [0, 0.1) is 0 Å². The van der Waals surface area contributed by atoms with Gasteiger partial charge in [0.1, 0.15) is 23.0 Å². The Morgan fingerprint density at radius 2 is 1.26 bits per heavy atom. The summed E-state index contributed by atoms with van der Waals surface area (Å²) in [6.07, 6.45) is 4.72. The Morgan fingerprint density at radius 3 is 1.74 bits per heavy atom. The van der Waals surface area contributed by atoms with E-state index in [-0.39, 0.29) is 11.3 Å². The summed E-state index contributed by atoms with van der Waals surface area (Å²) in [5.41, 5.74) is 3.36. The van der Waals surface area contributed by atoms with Gasteiger partial charge in [-0.3, -0.25) is 0 Å². The van der Waals surface area contributed by atoms with Gasteiger partial charge in [-0.15, -0.1) is 0 Å². The van der Waals surface area contributed by atoms with Crippen LogP contribution in [-0.4, -0.2) is 25.0 Å².